The van der Waals surface area contributed by atoms with Crippen LogP contribution in [0.2, 0.25) is 10.0 Å². The van der Waals surface area contributed by atoms with Gasteiger partial charge in [-0.05, 0) is 18.6 Å². The minimum Gasteiger partial charge on any atom is -0.396 e. The third-order valence-corrected chi connectivity index (χ3v) is 4.03. The van der Waals surface area contributed by atoms with Crippen LogP contribution in [-0.2, 0) is 0 Å². The molecule has 0 heterocycles. The van der Waals surface area contributed by atoms with Crippen LogP contribution in [0.4, 0.5) is 5.69 Å². The lowest BCUT2D eigenvalue weighted by atomic mass is 10.0. The molecule has 0 atom stereocenters. The quantitative estimate of drug-likeness (QED) is 0.350. The van der Waals surface area contributed by atoms with Crippen molar-refractivity contribution in [1.82, 2.24) is 0 Å². The summed E-state index contributed by atoms with van der Waals surface area (Å²) in [5.74, 6) is 0.0855. The van der Waals surface area contributed by atoms with Gasteiger partial charge < -0.3 is 5.73 Å². The highest BCUT2D eigenvalue weighted by molar-refractivity contribution is 6.39. The SMILES string of the molecule is CCCCCCCCCC(=O)c1cc(Cl)c(N)c(Cl)c1. The number of unbranched alkanes of at least 4 members (excludes halogenated alkanes) is 6. The Balaban J connectivity index is 2.33. The van der Waals surface area contributed by atoms with Crippen molar-refractivity contribution in [3.05, 3.63) is 27.7 Å². The van der Waals surface area contributed by atoms with E-state index >= 15 is 0 Å². The maximum absolute atomic E-state index is 12.0. The number of nitrogens with two attached hydrogens (primary N) is 1. The van der Waals surface area contributed by atoms with Crippen molar-refractivity contribution in [3.63, 3.8) is 0 Å². The third-order valence-electron chi connectivity index (χ3n) is 3.41. The predicted octanol–water partition coefficient (Wildman–Crippen LogP) is 5.90. The van der Waals surface area contributed by atoms with Crippen LogP contribution < -0.4 is 5.73 Å². The van der Waals surface area contributed by atoms with Gasteiger partial charge in [-0.25, -0.2) is 0 Å². The Bertz CT molecular complexity index is 423. The molecule has 0 fully saturated rings. The minimum atomic E-state index is 0.0855. The smallest absolute Gasteiger partial charge is 0.162 e. The van der Waals surface area contributed by atoms with Crippen molar-refractivity contribution in [3.8, 4) is 0 Å². The Morgan fingerprint density at radius 3 is 2.05 bits per heavy atom. The number of rotatable bonds is 9. The van der Waals surface area contributed by atoms with Crippen LogP contribution in [0.1, 0.15) is 68.6 Å². The minimum absolute atomic E-state index is 0.0855. The zero-order chi connectivity index (χ0) is 15.0. The molecule has 0 aliphatic heterocycles. The van der Waals surface area contributed by atoms with Gasteiger partial charge in [0.1, 0.15) is 0 Å². The lowest BCUT2D eigenvalue weighted by Crippen LogP contribution is -2.00. The number of carbonyl (C=O) groups excluding carboxylic acids is 1. The van der Waals surface area contributed by atoms with E-state index in [4.69, 9.17) is 28.9 Å². The Morgan fingerprint density at radius 2 is 1.50 bits per heavy atom. The maximum atomic E-state index is 12.0. The molecule has 1 rings (SSSR count). The number of ketones is 1. The summed E-state index contributed by atoms with van der Waals surface area (Å²) in [6.45, 7) is 2.21. The maximum Gasteiger partial charge on any atom is 0.162 e. The summed E-state index contributed by atoms with van der Waals surface area (Å²) in [7, 11) is 0. The van der Waals surface area contributed by atoms with Crippen LogP contribution in [0.3, 0.4) is 0 Å². The summed E-state index contributed by atoms with van der Waals surface area (Å²) < 4.78 is 0. The summed E-state index contributed by atoms with van der Waals surface area (Å²) >= 11 is 11.9. The van der Waals surface area contributed by atoms with Gasteiger partial charge in [-0.15, -0.1) is 0 Å². The first-order chi connectivity index (χ1) is 9.56. The van der Waals surface area contributed by atoms with Crippen LogP contribution in [0.5, 0.6) is 0 Å². The fourth-order valence-corrected chi connectivity index (χ4v) is 2.62. The second-order valence-electron chi connectivity index (χ2n) is 5.15. The molecule has 0 bridgehead atoms. The number of hydrogen-bond acceptors (Lipinski definition) is 2. The van der Waals surface area contributed by atoms with E-state index in [0.29, 0.717) is 27.7 Å². The van der Waals surface area contributed by atoms with E-state index in [1.807, 2.05) is 0 Å². The molecule has 2 nitrogen and oxygen atoms in total. The number of halogens is 2. The second-order valence-corrected chi connectivity index (χ2v) is 5.96. The molecule has 0 aromatic heterocycles. The molecule has 2 N–H and O–H groups in total. The summed E-state index contributed by atoms with van der Waals surface area (Å²) in [4.78, 5) is 12.0. The molecule has 0 aliphatic carbocycles. The lowest BCUT2D eigenvalue weighted by molar-refractivity contribution is 0.0979. The van der Waals surface area contributed by atoms with Crippen LogP contribution in [0, 0.1) is 0 Å². The Hall–Kier alpha value is -0.730. The highest BCUT2D eigenvalue weighted by Crippen LogP contribution is 2.29. The topological polar surface area (TPSA) is 43.1 Å². The van der Waals surface area contributed by atoms with Crippen molar-refractivity contribution in [2.75, 3.05) is 5.73 Å². The van der Waals surface area contributed by atoms with E-state index < -0.39 is 0 Å². The number of nitrogen functional groups attached to an aromatic ring is 1. The van der Waals surface area contributed by atoms with E-state index in [0.717, 1.165) is 12.8 Å². The standard InChI is InChI=1S/C16H23Cl2NO/c1-2-3-4-5-6-7-8-9-15(20)12-10-13(17)16(19)14(18)11-12/h10-11H,2-9,19H2,1H3. The monoisotopic (exact) mass is 315 g/mol. The Kier molecular flexibility index (Phi) is 8.01. The number of anilines is 1. The number of carbonyl (C=O) groups is 1. The Labute approximate surface area is 131 Å². The molecule has 0 saturated carbocycles. The van der Waals surface area contributed by atoms with Gasteiger partial charge in [0.05, 0.1) is 15.7 Å². The molecule has 20 heavy (non-hydrogen) atoms. The average Bonchev–Trinajstić information content (AvgIpc) is 2.43. The largest absolute Gasteiger partial charge is 0.396 e. The predicted molar refractivity (Wildman–Crippen MR) is 87.8 cm³/mol. The normalized spacial score (nSPS) is 10.8. The zero-order valence-electron chi connectivity index (χ0n) is 12.1. The molecule has 0 saturated heterocycles. The summed E-state index contributed by atoms with van der Waals surface area (Å²) in [6.07, 6.45) is 8.91. The summed E-state index contributed by atoms with van der Waals surface area (Å²) in [6, 6.07) is 3.21. The van der Waals surface area contributed by atoms with Gasteiger partial charge >= 0.3 is 0 Å². The van der Waals surface area contributed by atoms with E-state index in [2.05, 4.69) is 6.92 Å². The average molecular weight is 316 g/mol. The molecule has 1 aromatic rings. The van der Waals surface area contributed by atoms with Gasteiger partial charge in [0.2, 0.25) is 0 Å². The molecule has 0 amide bonds. The molecule has 0 spiro atoms. The van der Waals surface area contributed by atoms with E-state index in [-0.39, 0.29) is 5.78 Å². The Morgan fingerprint density at radius 1 is 1.00 bits per heavy atom. The number of benzene rings is 1. The summed E-state index contributed by atoms with van der Waals surface area (Å²) in [5, 5.41) is 0.695. The molecular weight excluding hydrogens is 293 g/mol. The van der Waals surface area contributed by atoms with Crippen LogP contribution in [0.15, 0.2) is 12.1 Å². The first-order valence-electron chi connectivity index (χ1n) is 7.34. The van der Waals surface area contributed by atoms with E-state index in [1.54, 1.807) is 12.1 Å². The highest BCUT2D eigenvalue weighted by atomic mass is 35.5. The fourth-order valence-electron chi connectivity index (χ4n) is 2.13. The van der Waals surface area contributed by atoms with Crippen LogP contribution in [0.25, 0.3) is 0 Å². The van der Waals surface area contributed by atoms with Crippen molar-refractivity contribution in [2.45, 2.75) is 58.3 Å². The molecule has 0 aliphatic rings. The first kappa shape index (κ1) is 17.3. The highest BCUT2D eigenvalue weighted by Gasteiger charge is 2.10. The van der Waals surface area contributed by atoms with Gasteiger partial charge in [-0.2, -0.15) is 0 Å². The van der Waals surface area contributed by atoms with Gasteiger partial charge in [0, 0.05) is 12.0 Å². The fraction of sp³-hybridized carbons (Fsp3) is 0.562. The van der Waals surface area contributed by atoms with Crippen LogP contribution >= 0.6 is 23.2 Å². The van der Waals surface area contributed by atoms with Crippen molar-refractivity contribution in [2.24, 2.45) is 0 Å². The van der Waals surface area contributed by atoms with E-state index in [9.17, 15) is 4.79 Å². The summed E-state index contributed by atoms with van der Waals surface area (Å²) in [5.41, 5.74) is 6.55. The van der Waals surface area contributed by atoms with Crippen molar-refractivity contribution in [1.29, 1.82) is 0 Å². The van der Waals surface area contributed by atoms with E-state index in [1.165, 1.54) is 32.1 Å². The van der Waals surface area contributed by atoms with Gasteiger partial charge in [0.15, 0.2) is 5.78 Å². The van der Waals surface area contributed by atoms with Crippen molar-refractivity contribution < 1.29 is 4.79 Å². The molecule has 1 aromatic carbocycles. The van der Waals surface area contributed by atoms with Crippen molar-refractivity contribution >= 4 is 34.7 Å². The molecular formula is C16H23Cl2NO. The van der Waals surface area contributed by atoms with Gasteiger partial charge in [-0.3, -0.25) is 4.79 Å². The number of Topliss-reactive ketones (excluding diaryl/α,β-unsaturated/α-hetero) is 1. The lowest BCUT2D eigenvalue weighted by Gasteiger charge is -2.06. The molecule has 4 heteroatoms. The molecule has 0 unspecified atom stereocenters. The zero-order valence-corrected chi connectivity index (χ0v) is 13.6. The first-order valence-corrected chi connectivity index (χ1v) is 8.09. The van der Waals surface area contributed by atoms with Crippen LogP contribution in [-0.4, -0.2) is 5.78 Å². The van der Waals surface area contributed by atoms with Gasteiger partial charge in [0.25, 0.3) is 0 Å². The second kappa shape index (κ2) is 9.25. The third kappa shape index (κ3) is 5.72. The van der Waals surface area contributed by atoms with Gasteiger partial charge in [-0.1, -0.05) is 68.7 Å². The molecule has 0 radical (unpaired) electrons. The molecule has 112 valence electrons. The number of hydrogen-bond donors (Lipinski definition) is 1.